The van der Waals surface area contributed by atoms with Crippen LogP contribution in [-0.2, 0) is 26.9 Å². The average molecular weight is 373 g/mol. The molecule has 1 atom stereocenters. The summed E-state index contributed by atoms with van der Waals surface area (Å²) in [6.07, 6.45) is -0.182. The van der Waals surface area contributed by atoms with E-state index in [9.17, 15) is 27.2 Å². The number of halogens is 4. The largest absolute Gasteiger partial charge is 2.00 e. The normalized spacial score (nSPS) is 16.2. The molecule has 0 spiro atoms. The van der Waals surface area contributed by atoms with Crippen molar-refractivity contribution < 1.29 is 34.7 Å². The minimum Gasteiger partial charge on any atom is -1.00 e. The van der Waals surface area contributed by atoms with Gasteiger partial charge in [-0.3, -0.25) is 9.59 Å². The van der Waals surface area contributed by atoms with Crippen molar-refractivity contribution in [3.05, 3.63) is 35.1 Å². The van der Waals surface area contributed by atoms with Gasteiger partial charge in [-0.1, -0.05) is 31.7 Å². The second kappa shape index (κ2) is 9.52. The number of ether oxygens (including phenoxy) is 1. The van der Waals surface area contributed by atoms with Crippen LogP contribution < -0.4 is 0 Å². The molecule has 136 valence electrons. The first kappa shape index (κ1) is 21.9. The molecule has 2 rings (SSSR count). The molecule has 0 saturated heterocycles. The van der Waals surface area contributed by atoms with Crippen molar-refractivity contribution in [1.29, 1.82) is 0 Å². The molecule has 1 aliphatic rings. The van der Waals surface area contributed by atoms with Gasteiger partial charge in [-0.15, -0.1) is 0 Å². The van der Waals surface area contributed by atoms with Gasteiger partial charge in [0.25, 0.3) is 0 Å². The number of alkyl halides is 3. The molecule has 8 heteroatoms. The third-order valence-electron chi connectivity index (χ3n) is 4.41. The molecule has 0 radical (unpaired) electrons. The molecule has 1 aliphatic carbocycles. The first-order valence-corrected chi connectivity index (χ1v) is 7.81. The van der Waals surface area contributed by atoms with E-state index in [2.05, 4.69) is 4.74 Å². The van der Waals surface area contributed by atoms with Crippen LogP contribution in [0.25, 0.3) is 0 Å². The van der Waals surface area contributed by atoms with Crippen molar-refractivity contribution in [3.8, 4) is 0 Å². The van der Waals surface area contributed by atoms with Gasteiger partial charge in [0.1, 0.15) is 5.82 Å². The van der Waals surface area contributed by atoms with Crippen LogP contribution in [0.5, 0.6) is 0 Å². The van der Waals surface area contributed by atoms with Crippen LogP contribution in [0.3, 0.4) is 0 Å². The summed E-state index contributed by atoms with van der Waals surface area (Å²) in [6.45, 7) is 0.0390. The number of esters is 1. The fourth-order valence-electron chi connectivity index (χ4n) is 3.25. The monoisotopic (exact) mass is 372 g/mol. The summed E-state index contributed by atoms with van der Waals surface area (Å²) >= 11 is 0. The second-order valence-corrected chi connectivity index (χ2v) is 6.13. The molecular weight excluding hydrogens is 352 g/mol. The molecule has 25 heavy (non-hydrogen) atoms. The van der Waals surface area contributed by atoms with Crippen LogP contribution in [-0.4, -0.2) is 35.5 Å². The van der Waals surface area contributed by atoms with Gasteiger partial charge in [0.2, 0.25) is 0 Å². The minimum absolute atomic E-state index is 0. The maximum Gasteiger partial charge on any atom is 2.00 e. The summed E-state index contributed by atoms with van der Waals surface area (Å²) in [5.74, 6) is -2.46. The Morgan fingerprint density at radius 2 is 1.96 bits per heavy atom. The van der Waals surface area contributed by atoms with E-state index in [-0.39, 0.29) is 44.4 Å². The van der Waals surface area contributed by atoms with Crippen LogP contribution >= 0.6 is 0 Å². The molecule has 0 bridgehead atoms. The topological polar surface area (TPSA) is 43.4 Å². The van der Waals surface area contributed by atoms with E-state index in [0.717, 1.165) is 37.8 Å². The number of benzene rings is 1. The van der Waals surface area contributed by atoms with Gasteiger partial charge >= 0.3 is 41.7 Å². The second-order valence-electron chi connectivity index (χ2n) is 6.13. The van der Waals surface area contributed by atoms with Crippen molar-refractivity contribution in [2.24, 2.45) is 11.8 Å². The van der Waals surface area contributed by atoms with Gasteiger partial charge in [0, 0.05) is 0 Å². The minimum atomic E-state index is -4.76. The number of rotatable bonds is 6. The summed E-state index contributed by atoms with van der Waals surface area (Å²) in [4.78, 5) is 22.3. The van der Waals surface area contributed by atoms with E-state index in [1.54, 1.807) is 0 Å². The van der Waals surface area contributed by atoms with Crippen molar-refractivity contribution in [2.45, 2.75) is 44.7 Å². The maximum atomic E-state index is 13.7. The molecule has 0 amide bonds. The third kappa shape index (κ3) is 6.25. The van der Waals surface area contributed by atoms with Gasteiger partial charge in [-0.2, -0.15) is 13.2 Å². The Balaban J connectivity index is 0. The molecule has 1 unspecified atom stereocenters. The Morgan fingerprint density at radius 1 is 1.32 bits per heavy atom. The summed E-state index contributed by atoms with van der Waals surface area (Å²) < 4.78 is 55.8. The van der Waals surface area contributed by atoms with E-state index < -0.39 is 29.4 Å². The summed E-state index contributed by atoms with van der Waals surface area (Å²) in [5.41, 5.74) is -1.07. The summed E-state index contributed by atoms with van der Waals surface area (Å²) in [7, 11) is 0. The van der Waals surface area contributed by atoms with E-state index in [4.69, 9.17) is 0 Å². The van der Waals surface area contributed by atoms with Crippen molar-refractivity contribution in [2.75, 3.05) is 0 Å². The standard InChI is InChI=1S/C17H18F4O3.Mg.2H/c18-15-9-12(5-6-14(15)17(19,20)21)8-13(16(23)24-10-22)7-11-3-1-2-4-11;;;/h5-6,9-11,13H,1-4,7-8H2;;;/q;+2;2*-1. The SMILES string of the molecule is O=COC(=O)C(Cc1ccc(C(F)(F)F)c(F)c1)CC1CCCC1.[H-].[H-].[Mg+2]. The fraction of sp³-hybridized carbons (Fsp3) is 0.529. The number of carbonyl (C=O) groups is 2. The number of hydrogen-bond donors (Lipinski definition) is 0. The first-order chi connectivity index (χ1) is 11.3. The molecule has 0 aliphatic heterocycles. The van der Waals surface area contributed by atoms with Crippen LogP contribution in [0.15, 0.2) is 18.2 Å². The maximum absolute atomic E-state index is 13.7. The molecule has 1 saturated carbocycles. The third-order valence-corrected chi connectivity index (χ3v) is 4.41. The molecule has 0 N–H and O–H groups in total. The summed E-state index contributed by atoms with van der Waals surface area (Å²) in [6, 6.07) is 2.61. The van der Waals surface area contributed by atoms with Gasteiger partial charge in [0.15, 0.2) is 0 Å². The number of carbonyl (C=O) groups excluding carboxylic acids is 2. The van der Waals surface area contributed by atoms with Crippen LogP contribution in [0.2, 0.25) is 0 Å². The predicted octanol–water partition coefficient (Wildman–Crippen LogP) is 4.13. The fourth-order valence-corrected chi connectivity index (χ4v) is 3.25. The van der Waals surface area contributed by atoms with Crippen molar-refractivity contribution in [1.82, 2.24) is 0 Å². The van der Waals surface area contributed by atoms with E-state index in [1.165, 1.54) is 0 Å². The van der Waals surface area contributed by atoms with Crippen LogP contribution in [0.4, 0.5) is 17.6 Å². The molecular formula is C17H20F4MgO3. The Labute approximate surface area is 162 Å². The van der Waals surface area contributed by atoms with Crippen molar-refractivity contribution in [3.63, 3.8) is 0 Å². The molecule has 0 aromatic heterocycles. The van der Waals surface area contributed by atoms with Gasteiger partial charge in [0.05, 0.1) is 11.5 Å². The molecule has 1 aromatic rings. The van der Waals surface area contributed by atoms with Crippen molar-refractivity contribution >= 4 is 35.5 Å². The molecule has 0 heterocycles. The zero-order chi connectivity index (χ0) is 17.7. The van der Waals surface area contributed by atoms with Gasteiger partial charge in [-0.25, -0.2) is 4.39 Å². The zero-order valence-electron chi connectivity index (χ0n) is 15.7. The summed E-state index contributed by atoms with van der Waals surface area (Å²) in [5, 5.41) is 0. The van der Waals surface area contributed by atoms with E-state index in [0.29, 0.717) is 18.4 Å². The Kier molecular flexibility index (Phi) is 8.33. The quantitative estimate of drug-likeness (QED) is 0.248. The Bertz CT molecular complexity index is 608. The average Bonchev–Trinajstić information content (AvgIpc) is 2.98. The molecule has 1 aromatic carbocycles. The van der Waals surface area contributed by atoms with E-state index >= 15 is 0 Å². The van der Waals surface area contributed by atoms with Gasteiger partial charge < -0.3 is 7.59 Å². The van der Waals surface area contributed by atoms with Crippen LogP contribution in [0, 0.1) is 17.7 Å². The Hall–Kier alpha value is -1.15. The van der Waals surface area contributed by atoms with Gasteiger partial charge in [-0.05, 0) is 36.5 Å². The first-order valence-electron chi connectivity index (χ1n) is 7.81. The molecule has 1 fully saturated rings. The Morgan fingerprint density at radius 3 is 2.48 bits per heavy atom. The predicted molar refractivity (Wildman–Crippen MR) is 85.3 cm³/mol. The number of hydrogen-bond acceptors (Lipinski definition) is 3. The van der Waals surface area contributed by atoms with Crippen LogP contribution in [0.1, 0.15) is 46.1 Å². The zero-order valence-corrected chi connectivity index (χ0v) is 15.1. The molecule has 3 nitrogen and oxygen atoms in total. The van der Waals surface area contributed by atoms with E-state index in [1.807, 2.05) is 0 Å². The smallest absolute Gasteiger partial charge is 1.00 e.